The summed E-state index contributed by atoms with van der Waals surface area (Å²) in [5.41, 5.74) is 5.08. The molecule has 2 atom stereocenters. The average molecular weight is 468 g/mol. The summed E-state index contributed by atoms with van der Waals surface area (Å²) in [5.74, 6) is 1.17. The van der Waals surface area contributed by atoms with Crippen molar-refractivity contribution in [3.63, 3.8) is 0 Å². The van der Waals surface area contributed by atoms with Gasteiger partial charge in [0.2, 0.25) is 0 Å². The van der Waals surface area contributed by atoms with E-state index < -0.39 is 0 Å². The molecule has 2 aromatic carbocycles. The summed E-state index contributed by atoms with van der Waals surface area (Å²) in [6.07, 6.45) is 7.84. The van der Waals surface area contributed by atoms with Crippen molar-refractivity contribution in [1.82, 2.24) is 14.5 Å². The Kier molecular flexibility index (Phi) is 4.38. The van der Waals surface area contributed by atoms with E-state index in [1.165, 1.54) is 25.0 Å². The van der Waals surface area contributed by atoms with Crippen molar-refractivity contribution >= 4 is 44.3 Å². The molecule has 3 fully saturated rings. The molecule has 3 aliphatic carbocycles. The van der Waals surface area contributed by atoms with Gasteiger partial charge >= 0.3 is 0 Å². The zero-order valence-electron chi connectivity index (χ0n) is 19.6. The SMILES string of the molecule is CSc1nc2c(F)c(-c3cc(C)cc4ccccc34)ncc2c2c1cc(C)n2C1C2CCC1C2. The van der Waals surface area contributed by atoms with Crippen LogP contribution in [0, 0.1) is 31.5 Å². The Morgan fingerprint density at radius 1 is 1.00 bits per heavy atom. The van der Waals surface area contributed by atoms with Gasteiger partial charge in [-0.15, -0.1) is 11.8 Å². The van der Waals surface area contributed by atoms with Crippen molar-refractivity contribution < 1.29 is 4.39 Å². The summed E-state index contributed by atoms with van der Waals surface area (Å²) in [6, 6.07) is 15.1. The van der Waals surface area contributed by atoms with Crippen LogP contribution >= 0.6 is 11.8 Å². The number of nitrogens with zero attached hydrogens (tertiary/aromatic N) is 3. The van der Waals surface area contributed by atoms with E-state index in [1.54, 1.807) is 11.8 Å². The van der Waals surface area contributed by atoms with Gasteiger partial charge in [-0.1, -0.05) is 30.3 Å². The van der Waals surface area contributed by atoms with E-state index in [0.29, 0.717) is 17.3 Å². The minimum Gasteiger partial charge on any atom is -0.341 e. The molecule has 2 unspecified atom stereocenters. The third kappa shape index (κ3) is 2.70. The molecule has 3 heterocycles. The number of aryl methyl sites for hydroxylation is 2. The second kappa shape index (κ2) is 7.29. The van der Waals surface area contributed by atoms with E-state index >= 15 is 4.39 Å². The second-order valence-corrected chi connectivity index (χ2v) is 10.9. The normalized spacial score (nSPS) is 21.6. The molecular formula is C29H26FN3S. The molecule has 0 N–H and O–H groups in total. The predicted octanol–water partition coefficient (Wildman–Crippen LogP) is 7.85. The molecular weight excluding hydrogens is 441 g/mol. The fourth-order valence-corrected chi connectivity index (χ4v) is 7.24. The van der Waals surface area contributed by atoms with Gasteiger partial charge < -0.3 is 4.57 Å². The first-order chi connectivity index (χ1) is 16.5. The molecule has 0 aliphatic heterocycles. The van der Waals surface area contributed by atoms with Gasteiger partial charge in [0.25, 0.3) is 0 Å². The Morgan fingerprint density at radius 3 is 2.56 bits per heavy atom. The smallest absolute Gasteiger partial charge is 0.175 e. The lowest BCUT2D eigenvalue weighted by atomic mass is 9.78. The first-order valence-electron chi connectivity index (χ1n) is 12.1. The molecule has 0 radical (unpaired) electrons. The molecule has 170 valence electrons. The van der Waals surface area contributed by atoms with Crippen molar-refractivity contribution in [3.8, 4) is 11.3 Å². The molecule has 3 nitrogen and oxygen atoms in total. The van der Waals surface area contributed by atoms with Crippen LogP contribution in [0.1, 0.15) is 36.6 Å². The maximum absolute atomic E-state index is 16.3. The Bertz CT molecular complexity index is 1620. The fraction of sp³-hybridized carbons (Fsp3) is 0.310. The lowest BCUT2D eigenvalue weighted by Gasteiger charge is -2.38. The van der Waals surface area contributed by atoms with E-state index in [1.807, 2.05) is 43.6 Å². The molecule has 0 saturated heterocycles. The monoisotopic (exact) mass is 467 g/mol. The zero-order chi connectivity index (χ0) is 23.1. The summed E-state index contributed by atoms with van der Waals surface area (Å²) in [6.45, 7) is 4.23. The van der Waals surface area contributed by atoms with Crippen molar-refractivity contribution in [2.24, 2.45) is 11.8 Å². The highest BCUT2D eigenvalue weighted by Crippen LogP contribution is 2.58. The lowest BCUT2D eigenvalue weighted by molar-refractivity contribution is 0.167. The standard InChI is InChI=1S/C29H26FN3S/c1-15-10-17-6-4-5-7-20(17)21(11-15)25-24(30)26-23(14-31-25)28-22(29(32-26)34-3)12-16(2)33(28)27-18-8-9-19(27)13-18/h4-7,10-12,14,18-19,27H,8-9,13H2,1-3H3. The van der Waals surface area contributed by atoms with Crippen LogP contribution in [0.2, 0.25) is 0 Å². The summed E-state index contributed by atoms with van der Waals surface area (Å²) < 4.78 is 18.8. The Labute approximate surface area is 202 Å². The molecule has 3 aromatic heterocycles. The number of fused-ring (bicyclic) bond motifs is 5. The number of aromatic nitrogens is 3. The first kappa shape index (κ1) is 20.5. The van der Waals surface area contributed by atoms with Crippen LogP contribution < -0.4 is 0 Å². The summed E-state index contributed by atoms with van der Waals surface area (Å²) in [7, 11) is 0. The van der Waals surface area contributed by atoms with Crippen molar-refractivity contribution in [2.75, 3.05) is 6.26 Å². The minimum absolute atomic E-state index is 0.326. The van der Waals surface area contributed by atoms with Crippen LogP contribution in [-0.2, 0) is 0 Å². The van der Waals surface area contributed by atoms with Crippen molar-refractivity contribution in [3.05, 3.63) is 65.7 Å². The zero-order valence-corrected chi connectivity index (χ0v) is 20.4. The number of hydrogen-bond donors (Lipinski definition) is 0. The van der Waals surface area contributed by atoms with Crippen LogP contribution in [0.4, 0.5) is 4.39 Å². The van der Waals surface area contributed by atoms with E-state index in [-0.39, 0.29) is 5.82 Å². The van der Waals surface area contributed by atoms with Crippen LogP contribution in [0.5, 0.6) is 0 Å². The van der Waals surface area contributed by atoms with Gasteiger partial charge in [0.1, 0.15) is 16.2 Å². The molecule has 2 bridgehead atoms. The molecule has 0 spiro atoms. The number of benzene rings is 2. The Morgan fingerprint density at radius 2 is 1.79 bits per heavy atom. The van der Waals surface area contributed by atoms with E-state index in [4.69, 9.17) is 9.97 Å². The van der Waals surface area contributed by atoms with E-state index in [2.05, 4.69) is 29.7 Å². The van der Waals surface area contributed by atoms with Gasteiger partial charge in [0, 0.05) is 34.3 Å². The Hall–Kier alpha value is -2.92. The second-order valence-electron chi connectivity index (χ2n) is 10.1. The third-order valence-electron chi connectivity index (χ3n) is 8.15. The molecule has 3 saturated carbocycles. The topological polar surface area (TPSA) is 30.7 Å². The third-order valence-corrected chi connectivity index (χ3v) is 8.85. The van der Waals surface area contributed by atoms with Crippen LogP contribution in [-0.4, -0.2) is 20.8 Å². The first-order valence-corrected chi connectivity index (χ1v) is 13.3. The van der Waals surface area contributed by atoms with Gasteiger partial charge in [-0.2, -0.15) is 0 Å². The minimum atomic E-state index is -0.326. The van der Waals surface area contributed by atoms with Gasteiger partial charge in [-0.25, -0.2) is 9.37 Å². The molecule has 34 heavy (non-hydrogen) atoms. The van der Waals surface area contributed by atoms with E-state index in [9.17, 15) is 0 Å². The van der Waals surface area contributed by atoms with E-state index in [0.717, 1.165) is 55.1 Å². The number of rotatable bonds is 3. The predicted molar refractivity (Wildman–Crippen MR) is 139 cm³/mol. The summed E-state index contributed by atoms with van der Waals surface area (Å²) >= 11 is 1.59. The summed E-state index contributed by atoms with van der Waals surface area (Å²) in [4.78, 5) is 9.60. The van der Waals surface area contributed by atoms with Gasteiger partial charge in [0.15, 0.2) is 5.82 Å². The molecule has 0 amide bonds. The number of thioether (sulfide) groups is 1. The highest BCUT2D eigenvalue weighted by Gasteiger charge is 2.48. The van der Waals surface area contributed by atoms with Gasteiger partial charge in [-0.3, -0.25) is 4.98 Å². The average Bonchev–Trinajstić information content (AvgIpc) is 3.55. The van der Waals surface area contributed by atoms with Crippen molar-refractivity contribution in [1.29, 1.82) is 0 Å². The maximum atomic E-state index is 16.3. The van der Waals surface area contributed by atoms with Crippen LogP contribution in [0.15, 0.2) is 53.7 Å². The molecule has 5 aromatic rings. The quantitative estimate of drug-likeness (QED) is 0.253. The fourth-order valence-electron chi connectivity index (χ4n) is 6.68. The van der Waals surface area contributed by atoms with Gasteiger partial charge in [-0.05, 0) is 79.7 Å². The number of pyridine rings is 2. The number of halogens is 1. The highest BCUT2D eigenvalue weighted by atomic mass is 32.2. The molecule has 3 aliphatic rings. The highest BCUT2D eigenvalue weighted by molar-refractivity contribution is 7.98. The van der Waals surface area contributed by atoms with Gasteiger partial charge in [0.05, 0.1) is 5.52 Å². The Balaban J connectivity index is 1.54. The van der Waals surface area contributed by atoms with Crippen LogP contribution in [0.3, 0.4) is 0 Å². The molecule has 8 rings (SSSR count). The largest absolute Gasteiger partial charge is 0.341 e. The number of hydrogen-bond acceptors (Lipinski definition) is 3. The lowest BCUT2D eigenvalue weighted by Crippen LogP contribution is -2.31. The molecule has 5 heteroatoms. The van der Waals surface area contributed by atoms with Crippen LogP contribution in [0.25, 0.3) is 43.8 Å². The summed E-state index contributed by atoms with van der Waals surface area (Å²) in [5, 5.41) is 4.94. The maximum Gasteiger partial charge on any atom is 0.175 e. The van der Waals surface area contributed by atoms with Crippen molar-refractivity contribution in [2.45, 2.75) is 44.2 Å².